The molecule has 4 saturated carbocycles. The number of carboxylic acids is 3. The second kappa shape index (κ2) is 13.6. The van der Waals surface area contributed by atoms with Crippen molar-refractivity contribution in [2.24, 2.45) is 56.7 Å². The van der Waals surface area contributed by atoms with E-state index in [-0.39, 0.29) is 40.9 Å². The van der Waals surface area contributed by atoms with Crippen LogP contribution >= 0.6 is 0 Å². The molecule has 0 aromatic carbocycles. The molecule has 5 aliphatic carbocycles. The van der Waals surface area contributed by atoms with Gasteiger partial charge in [0.25, 0.3) is 11.6 Å². The van der Waals surface area contributed by atoms with E-state index >= 15 is 0 Å². The minimum absolute atomic E-state index is 0.00204. The number of aliphatic hydroxyl groups is 7. The van der Waals surface area contributed by atoms with Crippen LogP contribution in [-0.4, -0.2) is 129 Å². The van der Waals surface area contributed by atoms with E-state index in [2.05, 4.69) is 27.7 Å². The van der Waals surface area contributed by atoms with Gasteiger partial charge in [-0.2, -0.15) is 0 Å². The van der Waals surface area contributed by atoms with Crippen molar-refractivity contribution < 1.29 is 79.7 Å². The van der Waals surface area contributed by atoms with Crippen molar-refractivity contribution in [3.63, 3.8) is 0 Å². The summed E-state index contributed by atoms with van der Waals surface area (Å²) in [4.78, 5) is 37.2. The summed E-state index contributed by atoms with van der Waals surface area (Å²) in [5.41, 5.74) is -1.62. The molecule has 58 heavy (non-hydrogen) atoms. The summed E-state index contributed by atoms with van der Waals surface area (Å²) < 4.78 is 17.8. The van der Waals surface area contributed by atoms with Gasteiger partial charge in [-0.3, -0.25) is 4.79 Å². The molecule has 7 aliphatic rings. The van der Waals surface area contributed by atoms with Crippen LogP contribution in [0.15, 0.2) is 11.6 Å². The maximum Gasteiger partial charge on any atom is 0.364 e. The van der Waals surface area contributed by atoms with Crippen LogP contribution in [0.4, 0.5) is 0 Å². The number of hydrogen-bond acceptors (Lipinski definition) is 13. The van der Waals surface area contributed by atoms with Crippen LogP contribution in [-0.2, 0) is 28.6 Å². The number of allylic oxidation sites excluding steroid dienone is 1. The van der Waals surface area contributed by atoms with Crippen molar-refractivity contribution >= 4 is 17.9 Å². The molecule has 0 radical (unpaired) electrons. The summed E-state index contributed by atoms with van der Waals surface area (Å²) in [5.74, 6) is -14.3. The second-order valence-electron chi connectivity index (χ2n) is 21.0. The van der Waals surface area contributed by atoms with Crippen molar-refractivity contribution in [1.82, 2.24) is 0 Å². The van der Waals surface area contributed by atoms with E-state index in [1.807, 2.05) is 26.8 Å². The third-order valence-electron chi connectivity index (χ3n) is 17.6. The molecule has 0 bridgehead atoms. The molecule has 0 aromatic rings. The highest BCUT2D eigenvalue weighted by atomic mass is 16.8. The Morgan fingerprint density at radius 1 is 0.724 bits per heavy atom. The molecule has 7 rings (SSSR count). The van der Waals surface area contributed by atoms with E-state index in [9.17, 15) is 65.4 Å². The van der Waals surface area contributed by atoms with Crippen molar-refractivity contribution in [2.75, 3.05) is 0 Å². The first kappa shape index (κ1) is 43.8. The van der Waals surface area contributed by atoms with Crippen molar-refractivity contribution in [3.05, 3.63) is 11.6 Å². The van der Waals surface area contributed by atoms with Gasteiger partial charge in [0.15, 0.2) is 0 Å². The lowest BCUT2D eigenvalue weighted by molar-refractivity contribution is -0.466. The summed E-state index contributed by atoms with van der Waals surface area (Å²) in [7, 11) is 0. The third-order valence-corrected chi connectivity index (χ3v) is 17.6. The van der Waals surface area contributed by atoms with Gasteiger partial charge in [-0.15, -0.1) is 0 Å². The van der Waals surface area contributed by atoms with Crippen LogP contribution in [0.3, 0.4) is 0 Å². The molecule has 328 valence electrons. The second-order valence-corrected chi connectivity index (χ2v) is 21.0. The molecular formula is C42H64O16. The lowest BCUT2D eigenvalue weighted by Crippen LogP contribution is -2.77. The predicted molar refractivity (Wildman–Crippen MR) is 200 cm³/mol. The van der Waals surface area contributed by atoms with E-state index in [1.54, 1.807) is 0 Å². The molecule has 0 amide bonds. The van der Waals surface area contributed by atoms with E-state index in [1.165, 1.54) is 5.57 Å². The Bertz CT molecular complexity index is 1740. The van der Waals surface area contributed by atoms with Gasteiger partial charge in [0.05, 0.1) is 29.8 Å². The first-order chi connectivity index (χ1) is 26.6. The third kappa shape index (κ3) is 6.01. The fourth-order valence-electron chi connectivity index (χ4n) is 14.0. The summed E-state index contributed by atoms with van der Waals surface area (Å²) in [6, 6.07) is 0. The van der Waals surface area contributed by atoms with Gasteiger partial charge >= 0.3 is 17.9 Å². The molecule has 16 heteroatoms. The molecule has 16 nitrogen and oxygen atoms in total. The number of carboxylic acid groups (broad SMARTS) is 3. The summed E-state index contributed by atoms with van der Waals surface area (Å²) >= 11 is 0. The highest BCUT2D eigenvalue weighted by Crippen LogP contribution is 2.73. The number of ether oxygens (including phenoxy) is 3. The fraction of sp³-hybridized carbons (Fsp3) is 0.881. The van der Waals surface area contributed by atoms with Gasteiger partial charge in [0, 0.05) is 18.8 Å². The number of aliphatic carboxylic acids is 3. The Labute approximate surface area is 338 Å². The zero-order valence-electron chi connectivity index (χ0n) is 34.5. The molecule has 2 aliphatic heterocycles. The Kier molecular flexibility index (Phi) is 10.3. The smallest absolute Gasteiger partial charge is 0.364 e. The van der Waals surface area contributed by atoms with Crippen LogP contribution in [0, 0.1) is 56.7 Å². The van der Waals surface area contributed by atoms with E-state index in [4.69, 9.17) is 14.2 Å². The SMILES string of the molecule is C[C@@H]1CC2C(=C[C@@H](O)[C@@H]3[C@@]4(C)CCC(OC5([C@@H]6OC(O)(C(=O)O)C[C@H](O)C6O)OC(O)(C(=O)O)C[C@H](O)C5O)C(C)(C)[C@@H]4CC[C@@]23C)C2C[C@@](C)(C(=O)O)CC[C@@]21C. The monoisotopic (exact) mass is 824 g/mol. The molecule has 6 fully saturated rings. The molecule has 2 heterocycles. The Morgan fingerprint density at radius 3 is 1.93 bits per heavy atom. The number of carbonyl (C=O) groups is 3. The van der Waals surface area contributed by atoms with E-state index in [0.29, 0.717) is 38.0 Å². The number of fused-ring (bicyclic) bond motifs is 7. The summed E-state index contributed by atoms with van der Waals surface area (Å²) in [6.45, 7) is 14.6. The quantitative estimate of drug-likeness (QED) is 0.135. The molecule has 8 unspecified atom stereocenters. The number of rotatable bonds is 6. The minimum Gasteiger partial charge on any atom is -0.481 e. The van der Waals surface area contributed by atoms with Gasteiger partial charge < -0.3 is 65.3 Å². The molecule has 0 spiro atoms. The maximum absolute atomic E-state index is 12.5. The predicted octanol–water partition coefficient (Wildman–Crippen LogP) is 1.98. The summed E-state index contributed by atoms with van der Waals surface area (Å²) in [6.07, 6.45) is -8.09. The van der Waals surface area contributed by atoms with Gasteiger partial charge in [0.2, 0.25) is 5.79 Å². The Hall–Kier alpha value is -2.25. The zero-order valence-corrected chi connectivity index (χ0v) is 34.5. The standard InChI is InChI=1S/C42H64O16/c1-19-14-21-20(22-16-36(4,32(48)49)12-13-37(19,22)5)15-23(43)29-38(21,6)10-8-26-35(2,3)27(9-11-39(26,29)7)56-42(30(47)25(45)18-41(55,58-42)34(52)53)31-28(46)24(44)17-40(54,57-31)33(50)51/h15,19,21-31,43-47,54-55H,8-14,16-18H2,1-7H3,(H,48,49)(H,50,51)(H,52,53)/t19-,21?,22?,23-,24+,25+,26+,27?,28?,29+,30?,31-,36+,37-,38+,39+,40?,41?,42?/m1/s1. The molecule has 19 atom stereocenters. The average molecular weight is 825 g/mol. The number of hydrogen-bond donors (Lipinski definition) is 10. The van der Waals surface area contributed by atoms with Gasteiger partial charge in [0.1, 0.15) is 18.3 Å². The first-order valence-electron chi connectivity index (χ1n) is 20.9. The Balaban J connectivity index is 1.26. The van der Waals surface area contributed by atoms with Gasteiger partial charge in [-0.1, -0.05) is 53.2 Å². The Morgan fingerprint density at radius 2 is 1.33 bits per heavy atom. The first-order valence-corrected chi connectivity index (χ1v) is 20.9. The van der Waals surface area contributed by atoms with Crippen LogP contribution in [0.2, 0.25) is 0 Å². The van der Waals surface area contributed by atoms with E-state index < -0.39 is 107 Å². The van der Waals surface area contributed by atoms with E-state index in [0.717, 1.165) is 12.8 Å². The largest absolute Gasteiger partial charge is 0.481 e. The molecule has 0 aromatic heterocycles. The highest BCUT2D eigenvalue weighted by molar-refractivity contribution is 5.76. The van der Waals surface area contributed by atoms with Crippen molar-refractivity contribution in [1.29, 1.82) is 0 Å². The van der Waals surface area contributed by atoms with Crippen LogP contribution in [0.25, 0.3) is 0 Å². The summed E-state index contributed by atoms with van der Waals surface area (Å²) in [5, 5.41) is 110. The van der Waals surface area contributed by atoms with Gasteiger partial charge in [-0.25, -0.2) is 9.59 Å². The van der Waals surface area contributed by atoms with Crippen LogP contribution in [0.5, 0.6) is 0 Å². The molecule has 10 N–H and O–H groups in total. The van der Waals surface area contributed by atoms with Crippen LogP contribution < -0.4 is 0 Å². The average Bonchev–Trinajstić information content (AvgIpc) is 3.11. The lowest BCUT2D eigenvalue weighted by atomic mass is 9.36. The van der Waals surface area contributed by atoms with Crippen molar-refractivity contribution in [3.8, 4) is 0 Å². The molecular weight excluding hydrogens is 760 g/mol. The zero-order chi connectivity index (χ0) is 43.1. The minimum atomic E-state index is -3.25. The van der Waals surface area contributed by atoms with Crippen LogP contribution in [0.1, 0.15) is 113 Å². The lowest BCUT2D eigenvalue weighted by Gasteiger charge is -2.70. The van der Waals surface area contributed by atoms with Crippen molar-refractivity contribution in [2.45, 2.75) is 173 Å². The topological polar surface area (TPSA) is 281 Å². The normalized spacial score (nSPS) is 55.1. The maximum atomic E-state index is 12.5. The van der Waals surface area contributed by atoms with Gasteiger partial charge in [-0.05, 0) is 104 Å². The fourth-order valence-corrected chi connectivity index (χ4v) is 14.0. The molecule has 2 saturated heterocycles. The highest BCUT2D eigenvalue weighted by Gasteiger charge is 2.72. The number of aliphatic hydroxyl groups excluding tert-OH is 5.